The second kappa shape index (κ2) is 11.7. The summed E-state index contributed by atoms with van der Waals surface area (Å²) in [5.74, 6) is 0.503. The van der Waals surface area contributed by atoms with Crippen LogP contribution in [-0.4, -0.2) is 19.6 Å². The van der Waals surface area contributed by atoms with Crippen LogP contribution in [0.5, 0.6) is 5.75 Å². The van der Waals surface area contributed by atoms with Crippen LogP contribution in [0.3, 0.4) is 0 Å². The first-order valence-electron chi connectivity index (χ1n) is 19.9. The lowest BCUT2D eigenvalue weighted by Crippen LogP contribution is -2.11. The van der Waals surface area contributed by atoms with Crippen LogP contribution >= 0.6 is 0 Å². The van der Waals surface area contributed by atoms with Crippen LogP contribution in [0.4, 0.5) is 0 Å². The molecule has 0 unspecified atom stereocenters. The zero-order valence-corrected chi connectivity index (χ0v) is 26.3. The summed E-state index contributed by atoms with van der Waals surface area (Å²) < 4.78 is 79.0. The predicted molar refractivity (Wildman–Crippen MR) is 195 cm³/mol. The highest BCUT2D eigenvalue weighted by Gasteiger charge is 2.23. The maximum absolute atomic E-state index is 11.4. The summed E-state index contributed by atoms with van der Waals surface area (Å²) in [5, 5.41) is 11.4. The fourth-order valence-electron chi connectivity index (χ4n) is 6.14. The normalized spacial score (nSPS) is 15.3. The number of rotatable bonds is 5. The maximum atomic E-state index is 11.4. The number of aryl methyl sites for hydroxylation is 3. The molecule has 0 radical (unpaired) electrons. The molecular weight excluding hydrogens is 574 g/mol. The van der Waals surface area contributed by atoms with Gasteiger partial charge < -0.3 is 5.11 Å². The average Bonchev–Trinajstić information content (AvgIpc) is 3.52. The molecule has 7 aromatic rings. The van der Waals surface area contributed by atoms with Crippen molar-refractivity contribution in [3.8, 4) is 56.3 Å². The third-order valence-electron chi connectivity index (χ3n) is 8.50. The Morgan fingerprint density at radius 1 is 0.660 bits per heavy atom. The minimum Gasteiger partial charge on any atom is -0.507 e. The summed E-state index contributed by atoms with van der Waals surface area (Å²) >= 11 is 0. The standard InChI is InChI=1S/C43H39N3O/c1-27-15-17-35(18-16-27)46-39-14-10-13-36(40(39)45-42(46)37-22-28(2)21-29(3)41(37)47)32-23-33(25-34(24-32)43(4,5)6)38-26-31(19-20-44-38)30-11-8-7-9-12-30/h7-26,47H,1-6H3/i4D3,5D3,6D3. The van der Waals surface area contributed by atoms with Gasteiger partial charge in [0.1, 0.15) is 11.6 Å². The molecular formula is C43H39N3O. The third-order valence-corrected chi connectivity index (χ3v) is 8.50. The van der Waals surface area contributed by atoms with Gasteiger partial charge in [0.25, 0.3) is 0 Å². The van der Waals surface area contributed by atoms with E-state index in [0.29, 0.717) is 50.4 Å². The Labute approximate surface area is 289 Å². The first kappa shape index (κ1) is 21.3. The topological polar surface area (TPSA) is 50.9 Å². The fraction of sp³-hybridized carbons (Fsp3) is 0.163. The van der Waals surface area contributed by atoms with Crippen molar-refractivity contribution in [2.45, 2.75) is 46.7 Å². The molecule has 7 rings (SSSR count). The molecule has 0 bridgehead atoms. The number of aromatic nitrogens is 3. The average molecular weight is 623 g/mol. The van der Waals surface area contributed by atoms with E-state index >= 15 is 0 Å². The van der Waals surface area contributed by atoms with Crippen molar-refractivity contribution in [3.63, 3.8) is 0 Å². The number of imidazole rings is 1. The third kappa shape index (κ3) is 5.72. The molecule has 0 aliphatic heterocycles. The smallest absolute Gasteiger partial charge is 0.149 e. The molecule has 1 N–H and O–H groups in total. The van der Waals surface area contributed by atoms with Crippen molar-refractivity contribution in [1.29, 1.82) is 0 Å². The van der Waals surface area contributed by atoms with Crippen LogP contribution in [-0.2, 0) is 5.41 Å². The number of phenolic OH excluding ortho intramolecular Hbond substituents is 1. The van der Waals surface area contributed by atoms with E-state index in [1.54, 1.807) is 30.5 Å². The number of phenols is 1. The lowest BCUT2D eigenvalue weighted by molar-refractivity contribution is 0.472. The molecule has 2 heterocycles. The minimum absolute atomic E-state index is 0.0623. The monoisotopic (exact) mass is 622 g/mol. The summed E-state index contributed by atoms with van der Waals surface area (Å²) in [6.45, 7) is -4.75. The van der Waals surface area contributed by atoms with Gasteiger partial charge in [-0.15, -0.1) is 0 Å². The van der Waals surface area contributed by atoms with E-state index < -0.39 is 31.5 Å². The van der Waals surface area contributed by atoms with Crippen LogP contribution < -0.4 is 0 Å². The van der Waals surface area contributed by atoms with Crippen molar-refractivity contribution in [2.75, 3.05) is 0 Å². The maximum Gasteiger partial charge on any atom is 0.149 e. The summed E-state index contributed by atoms with van der Waals surface area (Å²) in [6.07, 6.45) is 1.60. The number of aromatic hydroxyl groups is 1. The van der Waals surface area contributed by atoms with Gasteiger partial charge in [-0.1, -0.05) is 92.8 Å². The van der Waals surface area contributed by atoms with Crippen LogP contribution in [0.25, 0.3) is 61.6 Å². The zero-order chi connectivity index (χ0) is 40.4. The molecule has 4 nitrogen and oxygen atoms in total. The summed E-state index contributed by atoms with van der Waals surface area (Å²) in [6, 6.07) is 34.6. The van der Waals surface area contributed by atoms with E-state index in [9.17, 15) is 5.11 Å². The Balaban J connectivity index is 1.59. The van der Waals surface area contributed by atoms with Gasteiger partial charge in [0.05, 0.1) is 22.3 Å². The highest BCUT2D eigenvalue weighted by atomic mass is 16.3. The molecule has 47 heavy (non-hydrogen) atoms. The number of pyridine rings is 1. The molecule has 0 aliphatic carbocycles. The van der Waals surface area contributed by atoms with E-state index in [4.69, 9.17) is 17.3 Å². The van der Waals surface area contributed by atoms with Crippen molar-refractivity contribution in [1.82, 2.24) is 14.5 Å². The van der Waals surface area contributed by atoms with Gasteiger partial charge in [0.15, 0.2) is 0 Å². The highest BCUT2D eigenvalue weighted by molar-refractivity contribution is 5.97. The van der Waals surface area contributed by atoms with E-state index in [0.717, 1.165) is 27.9 Å². The summed E-state index contributed by atoms with van der Waals surface area (Å²) in [5.41, 5.74) is 4.51. The first-order chi connectivity index (χ1) is 26.3. The van der Waals surface area contributed by atoms with E-state index in [2.05, 4.69) is 4.98 Å². The Kier molecular flexibility index (Phi) is 5.32. The van der Waals surface area contributed by atoms with Gasteiger partial charge in [0, 0.05) is 35.3 Å². The van der Waals surface area contributed by atoms with Crippen LogP contribution in [0.15, 0.2) is 121 Å². The number of nitrogens with zero attached hydrogens (tertiary/aromatic N) is 3. The molecule has 0 atom stereocenters. The van der Waals surface area contributed by atoms with Gasteiger partial charge >= 0.3 is 0 Å². The van der Waals surface area contributed by atoms with Crippen molar-refractivity contribution >= 4 is 11.0 Å². The molecule has 0 spiro atoms. The van der Waals surface area contributed by atoms with Crippen molar-refractivity contribution < 1.29 is 17.4 Å². The number of para-hydroxylation sites is 1. The quantitative estimate of drug-likeness (QED) is 0.208. The van der Waals surface area contributed by atoms with Crippen LogP contribution in [0, 0.1) is 20.8 Å². The Morgan fingerprint density at radius 2 is 1.43 bits per heavy atom. The molecule has 0 saturated heterocycles. The first-order valence-corrected chi connectivity index (χ1v) is 15.4. The summed E-state index contributed by atoms with van der Waals surface area (Å²) in [4.78, 5) is 9.75. The van der Waals surface area contributed by atoms with Gasteiger partial charge in [-0.25, -0.2) is 4.98 Å². The van der Waals surface area contributed by atoms with E-state index in [-0.39, 0.29) is 5.75 Å². The number of hydrogen-bond acceptors (Lipinski definition) is 3. The molecule has 0 aliphatic rings. The van der Waals surface area contributed by atoms with Crippen molar-refractivity contribution in [3.05, 3.63) is 144 Å². The largest absolute Gasteiger partial charge is 0.507 e. The Morgan fingerprint density at radius 3 is 2.19 bits per heavy atom. The minimum atomic E-state index is -3.49. The lowest BCUT2D eigenvalue weighted by Gasteiger charge is -2.22. The molecule has 0 fully saturated rings. The highest BCUT2D eigenvalue weighted by Crippen LogP contribution is 2.41. The molecule has 2 aromatic heterocycles. The van der Waals surface area contributed by atoms with Crippen molar-refractivity contribution in [2.24, 2.45) is 0 Å². The molecule has 232 valence electrons. The second-order valence-electron chi connectivity index (χ2n) is 12.1. The van der Waals surface area contributed by atoms with E-state index in [1.165, 1.54) is 12.1 Å². The fourth-order valence-corrected chi connectivity index (χ4v) is 6.14. The number of hydrogen-bond donors (Lipinski definition) is 1. The lowest BCUT2D eigenvalue weighted by atomic mass is 9.83. The SMILES string of the molecule is [2H]C([2H])([2H])C(c1cc(-c2cc(-c3ccccc3)ccn2)cc(-c2cccc3c2nc(-c2cc(C)cc(C)c2O)n3-c2ccc(C)cc2)c1)(C([2H])([2H])[2H])C([2H])([2H])[2H]. The van der Waals surface area contributed by atoms with Gasteiger partial charge in [-0.3, -0.25) is 9.55 Å². The Bertz CT molecular complexity index is 2550. The van der Waals surface area contributed by atoms with E-state index in [1.807, 2.05) is 104 Å². The van der Waals surface area contributed by atoms with Gasteiger partial charge in [-0.2, -0.15) is 0 Å². The van der Waals surface area contributed by atoms with Gasteiger partial charge in [-0.05, 0) is 108 Å². The summed E-state index contributed by atoms with van der Waals surface area (Å²) in [7, 11) is 0. The van der Waals surface area contributed by atoms with Crippen LogP contribution in [0.2, 0.25) is 0 Å². The second-order valence-corrected chi connectivity index (χ2v) is 12.1. The predicted octanol–water partition coefficient (Wildman–Crippen LogP) is 11.0. The van der Waals surface area contributed by atoms with Crippen LogP contribution in [0.1, 0.15) is 55.1 Å². The number of benzene rings is 5. The number of fused-ring (bicyclic) bond motifs is 1. The molecule has 0 saturated carbocycles. The molecule has 4 heteroatoms. The molecule has 0 amide bonds. The van der Waals surface area contributed by atoms with Gasteiger partial charge in [0.2, 0.25) is 0 Å². The zero-order valence-electron chi connectivity index (χ0n) is 35.3. The molecule has 5 aromatic carbocycles. The Hall–Kier alpha value is -5.48.